The summed E-state index contributed by atoms with van der Waals surface area (Å²) in [5, 5.41) is 8.96. The third-order valence-electron chi connectivity index (χ3n) is 2.34. The standard InChI is InChI=1S/C11H9BrN2O2/c12-8-1-3-9(4-2-8)14-10(5-13)6-16-7-11(14)15/h1-4,10H,6-7H2. The molecule has 1 amide bonds. The second-order valence-electron chi connectivity index (χ2n) is 3.40. The van der Waals surface area contributed by atoms with E-state index in [0.717, 1.165) is 10.2 Å². The van der Waals surface area contributed by atoms with Gasteiger partial charge in [-0.2, -0.15) is 5.26 Å². The molecule has 0 radical (unpaired) electrons. The number of nitriles is 1. The van der Waals surface area contributed by atoms with Gasteiger partial charge in [-0.1, -0.05) is 15.9 Å². The Morgan fingerprint density at radius 1 is 1.44 bits per heavy atom. The number of carbonyl (C=O) groups is 1. The van der Waals surface area contributed by atoms with E-state index in [1.165, 1.54) is 4.90 Å². The monoisotopic (exact) mass is 280 g/mol. The Kier molecular flexibility index (Phi) is 3.22. The van der Waals surface area contributed by atoms with Crippen LogP contribution in [0.4, 0.5) is 5.69 Å². The van der Waals surface area contributed by atoms with E-state index in [4.69, 9.17) is 10.00 Å². The summed E-state index contributed by atoms with van der Waals surface area (Å²) in [4.78, 5) is 13.2. The van der Waals surface area contributed by atoms with Gasteiger partial charge in [0, 0.05) is 10.2 Å². The highest BCUT2D eigenvalue weighted by Crippen LogP contribution is 2.22. The Morgan fingerprint density at radius 3 is 2.75 bits per heavy atom. The van der Waals surface area contributed by atoms with Gasteiger partial charge in [-0.15, -0.1) is 0 Å². The lowest BCUT2D eigenvalue weighted by Gasteiger charge is -2.31. The molecule has 1 aromatic rings. The largest absolute Gasteiger partial charge is 0.368 e. The molecule has 1 aliphatic rings. The first-order valence-electron chi connectivity index (χ1n) is 4.77. The van der Waals surface area contributed by atoms with Crippen LogP contribution in [0.3, 0.4) is 0 Å². The number of amides is 1. The second-order valence-corrected chi connectivity index (χ2v) is 4.32. The molecule has 0 aromatic heterocycles. The minimum absolute atomic E-state index is 0.0360. The van der Waals surface area contributed by atoms with Crippen molar-refractivity contribution in [2.45, 2.75) is 6.04 Å². The third kappa shape index (κ3) is 2.08. The molecule has 0 saturated carbocycles. The van der Waals surface area contributed by atoms with Crippen LogP contribution < -0.4 is 4.90 Å². The molecule has 82 valence electrons. The summed E-state index contributed by atoms with van der Waals surface area (Å²) < 4.78 is 5.97. The molecular weight excluding hydrogens is 272 g/mol. The molecule has 0 aliphatic carbocycles. The number of anilines is 1. The molecule has 1 aromatic carbocycles. The maximum Gasteiger partial charge on any atom is 0.254 e. The average Bonchev–Trinajstić information content (AvgIpc) is 2.30. The van der Waals surface area contributed by atoms with Crippen LogP contribution in [0.1, 0.15) is 0 Å². The molecule has 0 N–H and O–H groups in total. The highest BCUT2D eigenvalue weighted by atomic mass is 79.9. The van der Waals surface area contributed by atoms with Crippen molar-refractivity contribution in [1.29, 1.82) is 5.26 Å². The number of halogens is 1. The lowest BCUT2D eigenvalue weighted by molar-refractivity contribution is -0.126. The summed E-state index contributed by atoms with van der Waals surface area (Å²) in [5.74, 6) is -0.180. The van der Waals surface area contributed by atoms with Crippen molar-refractivity contribution in [3.63, 3.8) is 0 Å². The zero-order valence-electron chi connectivity index (χ0n) is 8.39. The number of nitrogens with zero attached hydrogens (tertiary/aromatic N) is 2. The average molecular weight is 281 g/mol. The smallest absolute Gasteiger partial charge is 0.254 e. The normalized spacial score (nSPS) is 20.6. The molecule has 0 bridgehead atoms. The molecule has 4 nitrogen and oxygen atoms in total. The van der Waals surface area contributed by atoms with Crippen LogP contribution in [0.25, 0.3) is 0 Å². The Bertz CT molecular complexity index is 438. The van der Waals surface area contributed by atoms with E-state index in [2.05, 4.69) is 22.0 Å². The molecule has 1 unspecified atom stereocenters. The summed E-state index contributed by atoms with van der Waals surface area (Å²) in [6, 6.07) is 8.81. The second kappa shape index (κ2) is 4.64. The molecule has 1 heterocycles. The molecule has 2 rings (SSSR count). The fraction of sp³-hybridized carbons (Fsp3) is 0.273. The summed E-state index contributed by atoms with van der Waals surface area (Å²) in [6.45, 7) is 0.298. The van der Waals surface area contributed by atoms with Crippen molar-refractivity contribution in [2.24, 2.45) is 0 Å². The van der Waals surface area contributed by atoms with Gasteiger partial charge in [0.15, 0.2) is 0 Å². The first-order valence-corrected chi connectivity index (χ1v) is 5.56. The van der Waals surface area contributed by atoms with Crippen molar-refractivity contribution >= 4 is 27.5 Å². The van der Waals surface area contributed by atoms with Gasteiger partial charge in [-0.25, -0.2) is 0 Å². The summed E-state index contributed by atoms with van der Waals surface area (Å²) in [6.07, 6.45) is 0. The molecule has 1 atom stereocenters. The minimum atomic E-state index is -0.539. The number of rotatable bonds is 1. The predicted octanol–water partition coefficient (Wildman–Crippen LogP) is 1.70. The van der Waals surface area contributed by atoms with Crippen LogP contribution in [-0.4, -0.2) is 25.2 Å². The molecule has 1 fully saturated rings. The van der Waals surface area contributed by atoms with Crippen molar-refractivity contribution in [3.8, 4) is 6.07 Å². The highest BCUT2D eigenvalue weighted by Gasteiger charge is 2.29. The van der Waals surface area contributed by atoms with Gasteiger partial charge in [0.05, 0.1) is 12.7 Å². The van der Waals surface area contributed by atoms with E-state index in [-0.39, 0.29) is 19.1 Å². The quantitative estimate of drug-likeness (QED) is 0.787. The third-order valence-corrected chi connectivity index (χ3v) is 2.86. The first-order chi connectivity index (χ1) is 7.72. The highest BCUT2D eigenvalue weighted by molar-refractivity contribution is 9.10. The lowest BCUT2D eigenvalue weighted by Crippen LogP contribution is -2.48. The van der Waals surface area contributed by atoms with E-state index >= 15 is 0 Å². The molecular formula is C11H9BrN2O2. The zero-order chi connectivity index (χ0) is 11.5. The summed E-state index contributed by atoms with van der Waals surface area (Å²) in [7, 11) is 0. The van der Waals surface area contributed by atoms with Gasteiger partial charge >= 0.3 is 0 Å². The van der Waals surface area contributed by atoms with E-state index in [1.807, 2.05) is 12.1 Å². The van der Waals surface area contributed by atoms with E-state index in [9.17, 15) is 4.79 Å². The van der Waals surface area contributed by atoms with Gasteiger partial charge in [-0.05, 0) is 24.3 Å². The number of benzene rings is 1. The van der Waals surface area contributed by atoms with E-state index in [1.54, 1.807) is 12.1 Å². The van der Waals surface area contributed by atoms with Crippen molar-refractivity contribution in [3.05, 3.63) is 28.7 Å². The number of hydrogen-bond acceptors (Lipinski definition) is 3. The van der Waals surface area contributed by atoms with Gasteiger partial charge in [-0.3, -0.25) is 9.69 Å². The van der Waals surface area contributed by atoms with Crippen molar-refractivity contribution in [2.75, 3.05) is 18.1 Å². The molecule has 1 aliphatic heterocycles. The molecule has 1 saturated heterocycles. The maximum atomic E-state index is 11.7. The van der Waals surface area contributed by atoms with Gasteiger partial charge < -0.3 is 4.74 Å². The summed E-state index contributed by atoms with van der Waals surface area (Å²) in [5.41, 5.74) is 0.725. The van der Waals surface area contributed by atoms with Gasteiger partial charge in [0.2, 0.25) is 0 Å². The van der Waals surface area contributed by atoms with Gasteiger partial charge in [0.25, 0.3) is 5.91 Å². The fourth-order valence-corrected chi connectivity index (χ4v) is 1.86. The van der Waals surface area contributed by atoms with Gasteiger partial charge in [0.1, 0.15) is 12.6 Å². The van der Waals surface area contributed by atoms with Crippen LogP contribution in [-0.2, 0) is 9.53 Å². The Labute approximate surface area is 102 Å². The Hall–Kier alpha value is -1.38. The number of hydrogen-bond donors (Lipinski definition) is 0. The number of morpholine rings is 1. The van der Waals surface area contributed by atoms with E-state index < -0.39 is 6.04 Å². The van der Waals surface area contributed by atoms with Crippen LogP contribution in [0.15, 0.2) is 28.7 Å². The number of ether oxygens (including phenoxy) is 1. The van der Waals surface area contributed by atoms with E-state index in [0.29, 0.717) is 0 Å². The zero-order valence-corrected chi connectivity index (χ0v) is 9.98. The van der Waals surface area contributed by atoms with Crippen LogP contribution in [0, 0.1) is 11.3 Å². The van der Waals surface area contributed by atoms with Crippen LogP contribution >= 0.6 is 15.9 Å². The Balaban J connectivity index is 2.32. The molecule has 5 heteroatoms. The SMILES string of the molecule is N#CC1COCC(=O)N1c1ccc(Br)cc1. The topological polar surface area (TPSA) is 53.3 Å². The summed E-state index contributed by atoms with van der Waals surface area (Å²) >= 11 is 3.32. The lowest BCUT2D eigenvalue weighted by atomic mass is 10.2. The Morgan fingerprint density at radius 2 is 2.12 bits per heavy atom. The molecule has 0 spiro atoms. The van der Waals surface area contributed by atoms with Crippen molar-refractivity contribution in [1.82, 2.24) is 0 Å². The van der Waals surface area contributed by atoms with Crippen LogP contribution in [0.2, 0.25) is 0 Å². The minimum Gasteiger partial charge on any atom is -0.368 e. The fourth-order valence-electron chi connectivity index (χ4n) is 1.60. The number of carbonyl (C=O) groups excluding carboxylic acids is 1. The predicted molar refractivity (Wildman–Crippen MR) is 61.8 cm³/mol. The maximum absolute atomic E-state index is 11.7. The first kappa shape index (κ1) is 11.1. The van der Waals surface area contributed by atoms with Crippen molar-refractivity contribution < 1.29 is 9.53 Å². The van der Waals surface area contributed by atoms with Crippen LogP contribution in [0.5, 0.6) is 0 Å². The molecule has 16 heavy (non-hydrogen) atoms.